The summed E-state index contributed by atoms with van der Waals surface area (Å²) in [6, 6.07) is 9.51. The molecule has 0 amide bonds. The van der Waals surface area contributed by atoms with Crippen LogP contribution in [0.5, 0.6) is 0 Å². The average molecular weight is 380 g/mol. The summed E-state index contributed by atoms with van der Waals surface area (Å²) in [7, 11) is 0. The van der Waals surface area contributed by atoms with E-state index in [0.29, 0.717) is 26.2 Å². The van der Waals surface area contributed by atoms with Crippen LogP contribution in [-0.2, 0) is 16.1 Å². The van der Waals surface area contributed by atoms with Crippen molar-refractivity contribution in [1.29, 1.82) is 0 Å². The molecule has 1 unspecified atom stereocenters. The molecular formula is C15H10Cl4O3. The van der Waals surface area contributed by atoms with Gasteiger partial charge in [-0.15, -0.1) is 0 Å². The third kappa shape index (κ3) is 4.06. The number of rotatable bonds is 5. The standard InChI is InChI=1S/C15H10Cl4O3/c16-8-4-5-9(13(19)6-8)14(15(20)21)22-7-10-11(17)2-1-3-12(10)18/h1-6,14H,7H2,(H,20,21). The average Bonchev–Trinajstić information content (AvgIpc) is 2.43. The van der Waals surface area contributed by atoms with Crippen molar-refractivity contribution in [2.75, 3.05) is 0 Å². The number of halogens is 4. The van der Waals surface area contributed by atoms with Crippen molar-refractivity contribution in [1.82, 2.24) is 0 Å². The van der Waals surface area contributed by atoms with Gasteiger partial charge in [0.1, 0.15) is 0 Å². The third-order valence-corrected chi connectivity index (χ3v) is 4.20. The fourth-order valence-electron chi connectivity index (χ4n) is 1.85. The number of hydrogen-bond acceptors (Lipinski definition) is 2. The van der Waals surface area contributed by atoms with E-state index in [1.54, 1.807) is 24.3 Å². The van der Waals surface area contributed by atoms with Gasteiger partial charge in [0.05, 0.1) is 6.61 Å². The number of benzene rings is 2. The van der Waals surface area contributed by atoms with Crippen LogP contribution in [0.2, 0.25) is 20.1 Å². The second-order valence-corrected chi connectivity index (χ2v) is 6.05. The number of aliphatic carboxylic acids is 1. The van der Waals surface area contributed by atoms with Crippen LogP contribution in [-0.4, -0.2) is 11.1 Å². The van der Waals surface area contributed by atoms with Crippen LogP contribution in [0.4, 0.5) is 0 Å². The summed E-state index contributed by atoms with van der Waals surface area (Å²) in [4.78, 5) is 11.4. The van der Waals surface area contributed by atoms with Gasteiger partial charge in [-0.25, -0.2) is 4.79 Å². The first-order chi connectivity index (χ1) is 10.4. The molecule has 1 N–H and O–H groups in total. The Morgan fingerprint density at radius 3 is 2.23 bits per heavy atom. The van der Waals surface area contributed by atoms with Gasteiger partial charge in [-0.05, 0) is 24.3 Å². The highest BCUT2D eigenvalue weighted by Gasteiger charge is 2.24. The summed E-state index contributed by atoms with van der Waals surface area (Å²) in [6.07, 6.45) is -1.25. The van der Waals surface area contributed by atoms with E-state index in [0.717, 1.165) is 0 Å². The third-order valence-electron chi connectivity index (χ3n) is 2.93. The predicted octanol–water partition coefficient (Wildman–Crippen LogP) is 5.64. The van der Waals surface area contributed by atoms with Gasteiger partial charge >= 0.3 is 5.97 Å². The molecule has 1 atom stereocenters. The number of carboxylic acids is 1. The lowest BCUT2D eigenvalue weighted by atomic mass is 10.1. The zero-order valence-electron chi connectivity index (χ0n) is 11.0. The zero-order chi connectivity index (χ0) is 16.3. The molecule has 0 heterocycles. The Hall–Kier alpha value is -0.970. The van der Waals surface area contributed by atoms with Crippen molar-refractivity contribution >= 4 is 52.4 Å². The molecule has 2 rings (SSSR count). The summed E-state index contributed by atoms with van der Waals surface area (Å²) in [5.74, 6) is -1.17. The van der Waals surface area contributed by atoms with Gasteiger partial charge in [0.15, 0.2) is 6.10 Å². The molecule has 0 aliphatic rings. The van der Waals surface area contributed by atoms with E-state index in [2.05, 4.69) is 0 Å². The molecule has 7 heteroatoms. The van der Waals surface area contributed by atoms with Crippen molar-refractivity contribution < 1.29 is 14.6 Å². The van der Waals surface area contributed by atoms with E-state index >= 15 is 0 Å². The molecule has 0 spiro atoms. The summed E-state index contributed by atoms with van der Waals surface area (Å²) < 4.78 is 5.46. The minimum absolute atomic E-state index is 0.0611. The van der Waals surface area contributed by atoms with Crippen LogP contribution in [0, 0.1) is 0 Å². The SMILES string of the molecule is O=C(O)C(OCc1c(Cl)cccc1Cl)c1ccc(Cl)cc1Cl. The van der Waals surface area contributed by atoms with Gasteiger partial charge in [-0.3, -0.25) is 0 Å². The highest BCUT2D eigenvalue weighted by atomic mass is 35.5. The minimum Gasteiger partial charge on any atom is -0.479 e. The minimum atomic E-state index is -1.25. The molecule has 3 nitrogen and oxygen atoms in total. The molecule has 0 bridgehead atoms. The van der Waals surface area contributed by atoms with E-state index in [4.69, 9.17) is 51.1 Å². The number of ether oxygens (including phenoxy) is 1. The Labute approximate surface area is 147 Å². The first kappa shape index (κ1) is 17.4. The van der Waals surface area contributed by atoms with Gasteiger partial charge in [0.2, 0.25) is 0 Å². The molecule has 2 aromatic carbocycles. The van der Waals surface area contributed by atoms with E-state index < -0.39 is 12.1 Å². The summed E-state index contributed by atoms with van der Waals surface area (Å²) >= 11 is 23.9. The molecule has 0 saturated carbocycles. The van der Waals surface area contributed by atoms with Gasteiger partial charge in [-0.1, -0.05) is 58.5 Å². The molecule has 22 heavy (non-hydrogen) atoms. The lowest BCUT2D eigenvalue weighted by molar-refractivity contribution is -0.151. The Balaban J connectivity index is 2.25. The van der Waals surface area contributed by atoms with E-state index in [9.17, 15) is 9.90 Å². The molecule has 0 aromatic heterocycles. The monoisotopic (exact) mass is 378 g/mol. The van der Waals surface area contributed by atoms with Crippen LogP contribution < -0.4 is 0 Å². The summed E-state index contributed by atoms with van der Waals surface area (Å²) in [5, 5.41) is 10.8. The van der Waals surface area contributed by atoms with E-state index in [1.165, 1.54) is 12.1 Å². The van der Waals surface area contributed by atoms with E-state index in [1.807, 2.05) is 0 Å². The second-order valence-electron chi connectivity index (χ2n) is 4.40. The van der Waals surface area contributed by atoms with Crippen LogP contribution in [0.15, 0.2) is 36.4 Å². The fourth-order valence-corrected chi connectivity index (χ4v) is 2.86. The quantitative estimate of drug-likeness (QED) is 0.730. The lowest BCUT2D eigenvalue weighted by Gasteiger charge is -2.16. The van der Waals surface area contributed by atoms with Gasteiger partial charge in [0.25, 0.3) is 0 Å². The number of hydrogen-bond donors (Lipinski definition) is 1. The highest BCUT2D eigenvalue weighted by molar-refractivity contribution is 6.36. The highest BCUT2D eigenvalue weighted by Crippen LogP contribution is 2.31. The molecular weight excluding hydrogens is 370 g/mol. The van der Waals surface area contributed by atoms with E-state index in [-0.39, 0.29) is 11.6 Å². The normalized spacial score (nSPS) is 12.2. The van der Waals surface area contributed by atoms with Gasteiger partial charge in [-0.2, -0.15) is 0 Å². The Morgan fingerprint density at radius 1 is 1.05 bits per heavy atom. The maximum atomic E-state index is 11.4. The molecule has 0 saturated heterocycles. The molecule has 0 radical (unpaired) electrons. The van der Waals surface area contributed by atoms with Crippen molar-refractivity contribution in [3.05, 3.63) is 67.6 Å². The maximum absolute atomic E-state index is 11.4. The molecule has 0 aliphatic carbocycles. The van der Waals surface area contributed by atoms with Crippen LogP contribution in [0.1, 0.15) is 17.2 Å². The van der Waals surface area contributed by atoms with Crippen LogP contribution in [0.3, 0.4) is 0 Å². The number of carbonyl (C=O) groups is 1. The maximum Gasteiger partial charge on any atom is 0.337 e. The molecule has 0 aliphatic heterocycles. The second kappa shape index (κ2) is 7.53. The lowest BCUT2D eigenvalue weighted by Crippen LogP contribution is -2.16. The number of carboxylic acid groups (broad SMARTS) is 1. The smallest absolute Gasteiger partial charge is 0.337 e. The van der Waals surface area contributed by atoms with Crippen molar-refractivity contribution in [3.8, 4) is 0 Å². The van der Waals surface area contributed by atoms with Crippen LogP contribution >= 0.6 is 46.4 Å². The first-order valence-electron chi connectivity index (χ1n) is 6.12. The van der Waals surface area contributed by atoms with Crippen molar-refractivity contribution in [3.63, 3.8) is 0 Å². The zero-order valence-corrected chi connectivity index (χ0v) is 14.0. The Kier molecular flexibility index (Phi) is 5.95. The Bertz CT molecular complexity index is 683. The summed E-state index contributed by atoms with van der Waals surface area (Å²) in [6.45, 7) is -0.0611. The van der Waals surface area contributed by atoms with Crippen molar-refractivity contribution in [2.24, 2.45) is 0 Å². The molecule has 2 aromatic rings. The molecule has 116 valence electrons. The Morgan fingerprint density at radius 2 is 1.68 bits per heavy atom. The largest absolute Gasteiger partial charge is 0.479 e. The first-order valence-corrected chi connectivity index (χ1v) is 7.63. The fraction of sp³-hybridized carbons (Fsp3) is 0.133. The van der Waals surface area contributed by atoms with Gasteiger partial charge in [0, 0.05) is 31.2 Å². The summed E-state index contributed by atoms with van der Waals surface area (Å²) in [5.41, 5.74) is 0.823. The predicted molar refractivity (Wildman–Crippen MR) is 88.1 cm³/mol. The molecule has 0 fully saturated rings. The van der Waals surface area contributed by atoms with Crippen molar-refractivity contribution in [2.45, 2.75) is 12.7 Å². The topological polar surface area (TPSA) is 46.5 Å². The van der Waals surface area contributed by atoms with Crippen LogP contribution in [0.25, 0.3) is 0 Å². The van der Waals surface area contributed by atoms with Gasteiger partial charge < -0.3 is 9.84 Å².